The molecule has 0 spiro atoms. The van der Waals surface area contributed by atoms with Gasteiger partial charge in [-0.15, -0.1) is 5.10 Å². The molecule has 0 aliphatic rings. The summed E-state index contributed by atoms with van der Waals surface area (Å²) in [6, 6.07) is 10.8. The Kier molecular flexibility index (Phi) is 3.61. The molecule has 3 rings (SSSR count). The van der Waals surface area contributed by atoms with Gasteiger partial charge in [0.1, 0.15) is 5.82 Å². The fourth-order valence-corrected chi connectivity index (χ4v) is 2.00. The summed E-state index contributed by atoms with van der Waals surface area (Å²) < 4.78 is 1.55. The Morgan fingerprint density at radius 3 is 2.77 bits per heavy atom. The summed E-state index contributed by atoms with van der Waals surface area (Å²) in [4.78, 5) is 16.5. The largest absolute Gasteiger partial charge is 0.307 e. The van der Waals surface area contributed by atoms with E-state index in [9.17, 15) is 4.79 Å². The van der Waals surface area contributed by atoms with Crippen LogP contribution in [0.4, 0.5) is 5.82 Å². The average molecular weight is 294 g/mol. The standard InChI is InChI=1S/C15H14N6O/c1-10-6-7-13(16-9-10)17-15(22)12-5-3-4-11(8-12)14-18-19-20-21(14)2/h3-9H,1-2H3,(H,16,17,22). The van der Waals surface area contributed by atoms with Crippen molar-refractivity contribution in [1.82, 2.24) is 25.2 Å². The highest BCUT2D eigenvalue weighted by Crippen LogP contribution is 2.17. The van der Waals surface area contributed by atoms with Crippen LogP contribution in [-0.4, -0.2) is 31.1 Å². The smallest absolute Gasteiger partial charge is 0.256 e. The van der Waals surface area contributed by atoms with Crippen LogP contribution in [0.1, 0.15) is 15.9 Å². The molecular formula is C15H14N6O. The van der Waals surface area contributed by atoms with Gasteiger partial charge in [0.25, 0.3) is 5.91 Å². The molecule has 0 aliphatic carbocycles. The summed E-state index contributed by atoms with van der Waals surface area (Å²) in [6.07, 6.45) is 1.71. The van der Waals surface area contributed by atoms with Crippen LogP contribution in [-0.2, 0) is 7.05 Å². The summed E-state index contributed by atoms with van der Waals surface area (Å²) in [5, 5.41) is 14.1. The number of anilines is 1. The van der Waals surface area contributed by atoms with E-state index in [1.54, 1.807) is 42.2 Å². The monoisotopic (exact) mass is 294 g/mol. The van der Waals surface area contributed by atoms with Gasteiger partial charge in [0.2, 0.25) is 0 Å². The predicted molar refractivity (Wildman–Crippen MR) is 81.2 cm³/mol. The first-order valence-corrected chi connectivity index (χ1v) is 6.70. The molecule has 1 N–H and O–H groups in total. The molecule has 1 aromatic carbocycles. The van der Waals surface area contributed by atoms with Gasteiger partial charge in [-0.2, -0.15) is 0 Å². The second-order valence-corrected chi connectivity index (χ2v) is 4.88. The van der Waals surface area contributed by atoms with Gasteiger partial charge < -0.3 is 5.32 Å². The molecule has 1 amide bonds. The first kappa shape index (κ1) is 13.9. The van der Waals surface area contributed by atoms with E-state index in [0.717, 1.165) is 11.1 Å². The molecule has 0 unspecified atom stereocenters. The minimum atomic E-state index is -0.228. The lowest BCUT2D eigenvalue weighted by atomic mass is 10.1. The highest BCUT2D eigenvalue weighted by Gasteiger charge is 2.11. The van der Waals surface area contributed by atoms with Crippen molar-refractivity contribution >= 4 is 11.7 Å². The molecule has 3 aromatic rings. The maximum atomic E-state index is 12.3. The van der Waals surface area contributed by atoms with Crippen molar-refractivity contribution in [2.75, 3.05) is 5.32 Å². The normalized spacial score (nSPS) is 10.5. The van der Waals surface area contributed by atoms with E-state index in [1.165, 1.54) is 0 Å². The molecule has 2 heterocycles. The predicted octanol–water partition coefficient (Wildman–Crippen LogP) is 1.83. The van der Waals surface area contributed by atoms with Crippen molar-refractivity contribution in [3.8, 4) is 11.4 Å². The summed E-state index contributed by atoms with van der Waals surface area (Å²) >= 11 is 0. The van der Waals surface area contributed by atoms with Crippen molar-refractivity contribution in [2.24, 2.45) is 7.05 Å². The maximum Gasteiger partial charge on any atom is 0.256 e. The number of nitrogens with zero attached hydrogens (tertiary/aromatic N) is 5. The van der Waals surface area contributed by atoms with Crippen LogP contribution < -0.4 is 5.32 Å². The van der Waals surface area contributed by atoms with Gasteiger partial charge in [0.05, 0.1) is 0 Å². The number of benzene rings is 1. The van der Waals surface area contributed by atoms with E-state index in [4.69, 9.17) is 0 Å². The van der Waals surface area contributed by atoms with E-state index < -0.39 is 0 Å². The number of amides is 1. The molecule has 0 bridgehead atoms. The minimum Gasteiger partial charge on any atom is -0.307 e. The summed E-state index contributed by atoms with van der Waals surface area (Å²) in [5.74, 6) is 0.887. The van der Waals surface area contributed by atoms with Crippen LogP contribution in [0.25, 0.3) is 11.4 Å². The number of hydrogen-bond donors (Lipinski definition) is 1. The van der Waals surface area contributed by atoms with Crippen LogP contribution in [0.2, 0.25) is 0 Å². The number of pyridine rings is 1. The number of carbonyl (C=O) groups excluding carboxylic acids is 1. The Bertz CT molecular complexity index is 809. The van der Waals surface area contributed by atoms with Crippen LogP contribution in [0.5, 0.6) is 0 Å². The molecule has 22 heavy (non-hydrogen) atoms. The number of hydrogen-bond acceptors (Lipinski definition) is 5. The number of aromatic nitrogens is 5. The van der Waals surface area contributed by atoms with Gasteiger partial charge >= 0.3 is 0 Å². The SMILES string of the molecule is Cc1ccc(NC(=O)c2cccc(-c3nnnn3C)c2)nc1. The zero-order chi connectivity index (χ0) is 15.5. The summed E-state index contributed by atoms with van der Waals surface area (Å²) in [5.41, 5.74) is 2.33. The third-order valence-corrected chi connectivity index (χ3v) is 3.16. The number of nitrogens with one attached hydrogen (secondary N) is 1. The Hall–Kier alpha value is -3.09. The molecule has 0 saturated heterocycles. The maximum absolute atomic E-state index is 12.3. The van der Waals surface area contributed by atoms with Crippen molar-refractivity contribution < 1.29 is 4.79 Å². The summed E-state index contributed by atoms with van der Waals surface area (Å²) in [7, 11) is 1.75. The second-order valence-electron chi connectivity index (χ2n) is 4.88. The molecule has 0 radical (unpaired) electrons. The molecule has 110 valence electrons. The van der Waals surface area contributed by atoms with Crippen molar-refractivity contribution in [1.29, 1.82) is 0 Å². The van der Waals surface area contributed by atoms with Gasteiger partial charge in [-0.1, -0.05) is 18.2 Å². The molecule has 0 saturated carbocycles. The van der Waals surface area contributed by atoms with Crippen LogP contribution in [0, 0.1) is 6.92 Å². The quantitative estimate of drug-likeness (QED) is 0.796. The number of aryl methyl sites for hydroxylation is 2. The van der Waals surface area contributed by atoms with Crippen molar-refractivity contribution in [2.45, 2.75) is 6.92 Å². The lowest BCUT2D eigenvalue weighted by Crippen LogP contribution is -2.13. The van der Waals surface area contributed by atoms with Gasteiger partial charge in [0, 0.05) is 24.4 Å². The van der Waals surface area contributed by atoms with Crippen molar-refractivity contribution in [3.05, 3.63) is 53.7 Å². The lowest BCUT2D eigenvalue weighted by Gasteiger charge is -2.06. The molecule has 0 atom stereocenters. The first-order valence-electron chi connectivity index (χ1n) is 6.70. The highest BCUT2D eigenvalue weighted by molar-refractivity contribution is 6.04. The minimum absolute atomic E-state index is 0.228. The van der Waals surface area contributed by atoms with E-state index >= 15 is 0 Å². The van der Waals surface area contributed by atoms with Gasteiger partial charge in [0.15, 0.2) is 5.82 Å². The molecule has 7 nitrogen and oxygen atoms in total. The van der Waals surface area contributed by atoms with E-state index in [2.05, 4.69) is 25.8 Å². The van der Waals surface area contributed by atoms with Gasteiger partial charge in [-0.25, -0.2) is 9.67 Å². The zero-order valence-corrected chi connectivity index (χ0v) is 12.2. The van der Waals surface area contributed by atoms with E-state index in [0.29, 0.717) is 17.2 Å². The molecular weight excluding hydrogens is 280 g/mol. The highest BCUT2D eigenvalue weighted by atomic mass is 16.1. The van der Waals surface area contributed by atoms with Crippen LogP contribution in [0.15, 0.2) is 42.6 Å². The third kappa shape index (κ3) is 2.83. The Morgan fingerprint density at radius 1 is 1.23 bits per heavy atom. The molecule has 0 aliphatic heterocycles. The Balaban J connectivity index is 1.84. The molecule has 2 aromatic heterocycles. The lowest BCUT2D eigenvalue weighted by molar-refractivity contribution is 0.102. The van der Waals surface area contributed by atoms with Crippen molar-refractivity contribution in [3.63, 3.8) is 0 Å². The zero-order valence-electron chi connectivity index (χ0n) is 12.2. The van der Waals surface area contributed by atoms with E-state index in [-0.39, 0.29) is 5.91 Å². The second kappa shape index (κ2) is 5.72. The fourth-order valence-electron chi connectivity index (χ4n) is 2.00. The molecule has 0 fully saturated rings. The number of carbonyl (C=O) groups is 1. The molecule has 7 heteroatoms. The number of rotatable bonds is 3. The fraction of sp³-hybridized carbons (Fsp3) is 0.133. The number of tetrazole rings is 1. The Labute approximate surface area is 127 Å². The topological polar surface area (TPSA) is 85.6 Å². The Morgan fingerprint density at radius 2 is 2.09 bits per heavy atom. The third-order valence-electron chi connectivity index (χ3n) is 3.16. The van der Waals surface area contributed by atoms with Gasteiger partial charge in [-0.05, 0) is 41.1 Å². The van der Waals surface area contributed by atoms with Crippen LogP contribution >= 0.6 is 0 Å². The summed E-state index contributed by atoms with van der Waals surface area (Å²) in [6.45, 7) is 1.94. The van der Waals surface area contributed by atoms with E-state index in [1.807, 2.05) is 19.1 Å². The van der Waals surface area contributed by atoms with Crippen LogP contribution in [0.3, 0.4) is 0 Å². The average Bonchev–Trinajstić information content (AvgIpc) is 2.96. The van der Waals surface area contributed by atoms with Gasteiger partial charge in [-0.3, -0.25) is 4.79 Å². The first-order chi connectivity index (χ1) is 10.6.